The van der Waals surface area contributed by atoms with Gasteiger partial charge in [0.05, 0.1) is 12.8 Å². The van der Waals surface area contributed by atoms with Gasteiger partial charge in [-0.1, -0.05) is 24.3 Å². The number of nitrogens with one attached hydrogen (secondary N) is 3. The molecule has 0 aromatic heterocycles. The number of hydrogen-bond donors (Lipinski definition) is 3. The molecule has 7 nitrogen and oxygen atoms in total. The molecule has 0 spiro atoms. The Labute approximate surface area is 179 Å². The summed E-state index contributed by atoms with van der Waals surface area (Å²) in [5.41, 5.74) is 2.92. The van der Waals surface area contributed by atoms with Crippen molar-refractivity contribution in [2.45, 2.75) is 26.8 Å². The first-order chi connectivity index (χ1) is 14.6. The van der Waals surface area contributed by atoms with E-state index in [1.165, 1.54) is 12.6 Å². The van der Waals surface area contributed by atoms with Crippen molar-refractivity contribution in [2.24, 2.45) is 4.99 Å². The predicted molar refractivity (Wildman–Crippen MR) is 124 cm³/mol. The van der Waals surface area contributed by atoms with E-state index in [9.17, 15) is 4.79 Å². The summed E-state index contributed by atoms with van der Waals surface area (Å²) < 4.78 is 5.30. The second kappa shape index (κ2) is 12.4. The number of carbonyl (C=O) groups excluding carboxylic acids is 1. The number of nitrogens with zero attached hydrogens (tertiary/aromatic N) is 2. The molecule has 0 aliphatic heterocycles. The Morgan fingerprint density at radius 3 is 2.53 bits per heavy atom. The lowest BCUT2D eigenvalue weighted by Crippen LogP contribution is -2.38. The molecule has 2 rings (SSSR count). The molecule has 2 aromatic rings. The molecule has 162 valence electrons. The van der Waals surface area contributed by atoms with Crippen LogP contribution in [0.5, 0.6) is 5.75 Å². The average molecular weight is 412 g/mol. The first-order valence-electron chi connectivity index (χ1n) is 10.3. The number of para-hydroxylation sites is 1. The zero-order chi connectivity index (χ0) is 21.8. The van der Waals surface area contributed by atoms with Gasteiger partial charge in [-0.15, -0.1) is 0 Å². The highest BCUT2D eigenvalue weighted by atomic mass is 16.5. The lowest BCUT2D eigenvalue weighted by atomic mass is 10.2. The van der Waals surface area contributed by atoms with Crippen LogP contribution in [0.25, 0.3) is 0 Å². The number of ether oxygens (including phenoxy) is 1. The number of methoxy groups -OCH3 is 1. The fourth-order valence-electron chi connectivity index (χ4n) is 3.14. The van der Waals surface area contributed by atoms with Crippen molar-refractivity contribution in [3.63, 3.8) is 0 Å². The summed E-state index contributed by atoms with van der Waals surface area (Å²) >= 11 is 0. The molecule has 0 aliphatic carbocycles. The first kappa shape index (κ1) is 23.1. The van der Waals surface area contributed by atoms with Gasteiger partial charge in [0, 0.05) is 45.8 Å². The SMILES string of the molecule is CCN(CCCNC(=NC)NCc1ccc(OC)c(NC(C)=O)c1)c1ccccc1. The maximum absolute atomic E-state index is 11.4. The van der Waals surface area contributed by atoms with Crippen LogP contribution in [-0.2, 0) is 11.3 Å². The second-order valence-electron chi connectivity index (χ2n) is 6.84. The highest BCUT2D eigenvalue weighted by Crippen LogP contribution is 2.25. The van der Waals surface area contributed by atoms with E-state index in [4.69, 9.17) is 4.74 Å². The summed E-state index contributed by atoms with van der Waals surface area (Å²) in [6, 6.07) is 16.2. The Kier molecular flexibility index (Phi) is 9.51. The normalized spacial score (nSPS) is 11.0. The highest BCUT2D eigenvalue weighted by Gasteiger charge is 2.07. The van der Waals surface area contributed by atoms with Crippen molar-refractivity contribution >= 4 is 23.2 Å². The third kappa shape index (κ3) is 7.31. The lowest BCUT2D eigenvalue weighted by Gasteiger charge is -2.23. The number of guanidine groups is 1. The van der Waals surface area contributed by atoms with Crippen molar-refractivity contribution in [3.8, 4) is 5.75 Å². The van der Waals surface area contributed by atoms with Crippen molar-refractivity contribution in [1.29, 1.82) is 0 Å². The predicted octanol–water partition coefficient (Wildman–Crippen LogP) is 3.24. The zero-order valence-electron chi connectivity index (χ0n) is 18.4. The smallest absolute Gasteiger partial charge is 0.221 e. The largest absolute Gasteiger partial charge is 0.495 e. The van der Waals surface area contributed by atoms with Crippen molar-refractivity contribution in [2.75, 3.05) is 44.0 Å². The van der Waals surface area contributed by atoms with Gasteiger partial charge in [0.1, 0.15) is 5.75 Å². The lowest BCUT2D eigenvalue weighted by molar-refractivity contribution is -0.114. The van der Waals surface area contributed by atoms with E-state index in [1.54, 1.807) is 14.2 Å². The first-order valence-corrected chi connectivity index (χ1v) is 10.3. The Balaban J connectivity index is 1.81. The molecule has 2 aromatic carbocycles. The Morgan fingerprint density at radius 2 is 1.90 bits per heavy atom. The molecule has 0 fully saturated rings. The molecule has 0 aliphatic rings. The molecule has 0 radical (unpaired) electrons. The fourth-order valence-corrected chi connectivity index (χ4v) is 3.14. The molecule has 0 saturated heterocycles. The topological polar surface area (TPSA) is 78.0 Å². The maximum Gasteiger partial charge on any atom is 0.221 e. The number of hydrogen-bond acceptors (Lipinski definition) is 4. The number of amides is 1. The molecule has 0 heterocycles. The van der Waals surface area contributed by atoms with Gasteiger partial charge in [-0.25, -0.2) is 0 Å². The van der Waals surface area contributed by atoms with Crippen molar-refractivity contribution in [1.82, 2.24) is 10.6 Å². The molecule has 0 saturated carbocycles. The van der Waals surface area contributed by atoms with E-state index >= 15 is 0 Å². The number of rotatable bonds is 10. The third-order valence-corrected chi connectivity index (χ3v) is 4.66. The molecule has 0 atom stereocenters. The highest BCUT2D eigenvalue weighted by molar-refractivity contribution is 5.90. The minimum absolute atomic E-state index is 0.132. The van der Waals surface area contributed by atoms with Crippen LogP contribution in [0.3, 0.4) is 0 Å². The van der Waals surface area contributed by atoms with E-state index in [-0.39, 0.29) is 5.91 Å². The molecule has 0 unspecified atom stereocenters. The summed E-state index contributed by atoms with van der Waals surface area (Å²) in [7, 11) is 3.34. The Bertz CT molecular complexity index is 824. The second-order valence-corrected chi connectivity index (χ2v) is 6.84. The van der Waals surface area contributed by atoms with Crippen LogP contribution in [0, 0.1) is 0 Å². The zero-order valence-corrected chi connectivity index (χ0v) is 18.4. The van der Waals surface area contributed by atoms with Gasteiger partial charge in [0.15, 0.2) is 5.96 Å². The van der Waals surface area contributed by atoms with Gasteiger partial charge in [0.2, 0.25) is 5.91 Å². The van der Waals surface area contributed by atoms with Crippen molar-refractivity contribution < 1.29 is 9.53 Å². The summed E-state index contributed by atoms with van der Waals surface area (Å²) in [5.74, 6) is 1.25. The third-order valence-electron chi connectivity index (χ3n) is 4.66. The number of aliphatic imine (C=N–C) groups is 1. The molecular formula is C23H33N5O2. The minimum Gasteiger partial charge on any atom is -0.495 e. The van der Waals surface area contributed by atoms with E-state index in [0.29, 0.717) is 18.0 Å². The van der Waals surface area contributed by atoms with E-state index in [0.717, 1.165) is 37.6 Å². The molecular weight excluding hydrogens is 378 g/mol. The van der Waals surface area contributed by atoms with Crippen LogP contribution < -0.4 is 25.6 Å². The van der Waals surface area contributed by atoms with Gasteiger partial charge in [-0.2, -0.15) is 0 Å². The van der Waals surface area contributed by atoms with Crippen LogP contribution in [0.4, 0.5) is 11.4 Å². The van der Waals surface area contributed by atoms with Gasteiger partial charge in [-0.05, 0) is 43.2 Å². The quantitative estimate of drug-likeness (QED) is 0.318. The fraction of sp³-hybridized carbons (Fsp3) is 0.391. The van der Waals surface area contributed by atoms with Gasteiger partial charge < -0.3 is 25.6 Å². The maximum atomic E-state index is 11.4. The Hall–Kier alpha value is -3.22. The molecule has 3 N–H and O–H groups in total. The van der Waals surface area contributed by atoms with Gasteiger partial charge in [0.25, 0.3) is 0 Å². The molecule has 7 heteroatoms. The summed E-state index contributed by atoms with van der Waals surface area (Å²) in [6.45, 7) is 7.01. The summed E-state index contributed by atoms with van der Waals surface area (Å²) in [6.07, 6.45) is 0.999. The van der Waals surface area contributed by atoms with Crippen LogP contribution >= 0.6 is 0 Å². The molecule has 30 heavy (non-hydrogen) atoms. The molecule has 1 amide bonds. The molecule has 0 bridgehead atoms. The van der Waals surface area contributed by atoms with E-state index in [1.807, 2.05) is 24.3 Å². The standard InChI is InChI=1S/C23H33N5O2/c1-5-28(20-10-7-6-8-11-20)15-9-14-25-23(24-3)26-17-19-12-13-22(30-4)21(16-19)27-18(2)29/h6-8,10-13,16H,5,9,14-15,17H2,1-4H3,(H,27,29)(H2,24,25,26). The summed E-state index contributed by atoms with van der Waals surface area (Å²) in [4.78, 5) is 18.0. The number of benzene rings is 2. The van der Waals surface area contributed by atoms with E-state index < -0.39 is 0 Å². The van der Waals surface area contributed by atoms with Crippen molar-refractivity contribution in [3.05, 3.63) is 54.1 Å². The van der Waals surface area contributed by atoms with Crippen LogP contribution in [0.1, 0.15) is 25.8 Å². The number of carbonyl (C=O) groups is 1. The average Bonchev–Trinajstić information content (AvgIpc) is 2.76. The van der Waals surface area contributed by atoms with Crippen LogP contribution in [-0.4, -0.2) is 45.7 Å². The number of anilines is 2. The van der Waals surface area contributed by atoms with Crippen LogP contribution in [0.15, 0.2) is 53.5 Å². The minimum atomic E-state index is -0.132. The van der Waals surface area contributed by atoms with Gasteiger partial charge >= 0.3 is 0 Å². The van der Waals surface area contributed by atoms with Crippen LogP contribution in [0.2, 0.25) is 0 Å². The van der Waals surface area contributed by atoms with E-state index in [2.05, 4.69) is 57.0 Å². The summed E-state index contributed by atoms with van der Waals surface area (Å²) in [5, 5.41) is 9.46. The van der Waals surface area contributed by atoms with Gasteiger partial charge in [-0.3, -0.25) is 9.79 Å². The Morgan fingerprint density at radius 1 is 1.13 bits per heavy atom. The monoisotopic (exact) mass is 411 g/mol.